The Balaban J connectivity index is 1.99. The first-order valence-corrected chi connectivity index (χ1v) is 10.4. The van der Waals surface area contributed by atoms with Crippen molar-refractivity contribution in [2.45, 2.75) is 25.9 Å². The number of rotatable bonds is 9. The summed E-state index contributed by atoms with van der Waals surface area (Å²) in [5.74, 6) is -3.41. The second-order valence-corrected chi connectivity index (χ2v) is 7.78. The van der Waals surface area contributed by atoms with Crippen LogP contribution in [0.1, 0.15) is 25.3 Å². The van der Waals surface area contributed by atoms with Crippen molar-refractivity contribution in [3.05, 3.63) is 92.8 Å². The van der Waals surface area contributed by atoms with Crippen LogP contribution in [-0.4, -0.2) is 56.3 Å². The van der Waals surface area contributed by atoms with Gasteiger partial charge in [0, 0.05) is 23.5 Å². The molecule has 0 saturated carbocycles. The topological polar surface area (TPSA) is 150 Å². The van der Waals surface area contributed by atoms with E-state index in [4.69, 9.17) is 4.74 Å². The number of ether oxygens (including phenoxy) is 1. The monoisotopic (exact) mass is 468 g/mol. The van der Waals surface area contributed by atoms with Gasteiger partial charge in [0.1, 0.15) is 18.5 Å². The number of aliphatic hydroxyl groups excluding tert-OH is 1. The number of aliphatic hydroxyl groups is 1. The largest absolute Gasteiger partial charge is 0.491 e. The molecule has 2 aromatic rings. The molecule has 34 heavy (non-hydrogen) atoms. The molecule has 3 rings (SSSR count). The third kappa shape index (κ3) is 5.07. The number of carbonyl (C=O) groups is 2. The van der Waals surface area contributed by atoms with Crippen LogP contribution < -0.4 is 4.74 Å². The third-order valence-electron chi connectivity index (χ3n) is 5.62. The molecule has 1 unspecified atom stereocenters. The van der Waals surface area contributed by atoms with Crippen LogP contribution in [0.3, 0.4) is 0 Å². The zero-order valence-electron chi connectivity index (χ0n) is 18.5. The Morgan fingerprint density at radius 2 is 1.62 bits per heavy atom. The molecule has 0 saturated heterocycles. The van der Waals surface area contributed by atoms with Gasteiger partial charge in [-0.05, 0) is 31.5 Å². The lowest BCUT2D eigenvalue weighted by atomic mass is 9.79. The van der Waals surface area contributed by atoms with E-state index in [9.17, 15) is 35.0 Å². The summed E-state index contributed by atoms with van der Waals surface area (Å²) in [6, 6.07) is 14.1. The summed E-state index contributed by atoms with van der Waals surface area (Å²) in [4.78, 5) is 36.6. The zero-order valence-corrected chi connectivity index (χ0v) is 18.5. The molecule has 0 fully saturated rings. The number of non-ortho nitro benzene ring substituents is 1. The summed E-state index contributed by atoms with van der Waals surface area (Å²) in [6.07, 6.45) is -1.07. The Morgan fingerprint density at radius 3 is 2.15 bits per heavy atom. The van der Waals surface area contributed by atoms with Gasteiger partial charge in [-0.25, -0.2) is 9.59 Å². The lowest BCUT2D eigenvalue weighted by molar-refractivity contribution is -0.384. The van der Waals surface area contributed by atoms with Gasteiger partial charge in [-0.15, -0.1) is 0 Å². The van der Waals surface area contributed by atoms with Crippen LogP contribution in [-0.2, 0) is 9.59 Å². The number of carboxylic acids is 2. The number of aliphatic carboxylic acids is 2. The molecule has 10 nitrogen and oxygen atoms in total. The van der Waals surface area contributed by atoms with Crippen molar-refractivity contribution in [2.24, 2.45) is 0 Å². The highest BCUT2D eigenvalue weighted by Crippen LogP contribution is 2.42. The summed E-state index contributed by atoms with van der Waals surface area (Å²) < 4.78 is 5.55. The van der Waals surface area contributed by atoms with Gasteiger partial charge in [0.2, 0.25) is 0 Å². The molecule has 1 heterocycles. The van der Waals surface area contributed by atoms with E-state index in [0.717, 1.165) is 0 Å². The summed E-state index contributed by atoms with van der Waals surface area (Å²) in [5.41, 5.74) is -0.122. The minimum Gasteiger partial charge on any atom is -0.491 e. The van der Waals surface area contributed by atoms with Gasteiger partial charge in [-0.1, -0.05) is 30.3 Å². The van der Waals surface area contributed by atoms with Gasteiger partial charge in [0.25, 0.3) is 5.69 Å². The van der Waals surface area contributed by atoms with Crippen LogP contribution >= 0.6 is 0 Å². The maximum atomic E-state index is 12.3. The van der Waals surface area contributed by atoms with Crippen molar-refractivity contribution in [3.8, 4) is 5.75 Å². The minimum atomic E-state index is -1.36. The smallest absolute Gasteiger partial charge is 0.334 e. The van der Waals surface area contributed by atoms with E-state index < -0.39 is 28.9 Å². The first-order chi connectivity index (χ1) is 16.1. The van der Waals surface area contributed by atoms with Crippen LogP contribution in [0.2, 0.25) is 0 Å². The lowest BCUT2D eigenvalue weighted by Crippen LogP contribution is -2.39. The van der Waals surface area contributed by atoms with Crippen molar-refractivity contribution in [1.29, 1.82) is 0 Å². The molecular weight excluding hydrogens is 444 g/mol. The van der Waals surface area contributed by atoms with E-state index in [1.807, 2.05) is 6.07 Å². The molecule has 178 valence electrons. The molecule has 0 amide bonds. The standard InChI is InChI=1S/C24H24N2O8/c1-14-20(23(28)29)22(16-7-6-8-17(11-16)26(32)33)21(24(30)31)15(2)25(14)12-18(27)13-34-19-9-4-3-5-10-19/h3-11,18,22,27H,12-13H2,1-2H3,(H,28,29)(H,30,31). The number of allylic oxidation sites excluding steroid dienone is 2. The maximum absolute atomic E-state index is 12.3. The van der Waals surface area contributed by atoms with Crippen molar-refractivity contribution in [3.63, 3.8) is 0 Å². The quantitative estimate of drug-likeness (QED) is 0.372. The SMILES string of the molecule is CC1=C(C(=O)O)C(c2cccc([N+](=O)[O-])c2)C(C(=O)O)=C(C)N1CC(O)COc1ccccc1. The van der Waals surface area contributed by atoms with Gasteiger partial charge in [-0.2, -0.15) is 0 Å². The highest BCUT2D eigenvalue weighted by molar-refractivity contribution is 5.98. The molecule has 1 aliphatic rings. The van der Waals surface area contributed by atoms with Crippen LogP contribution in [0.25, 0.3) is 0 Å². The summed E-state index contributed by atoms with van der Waals surface area (Å²) in [5, 5.41) is 41.8. The van der Waals surface area contributed by atoms with Crippen molar-refractivity contribution < 1.29 is 34.6 Å². The average molecular weight is 468 g/mol. The number of nitro groups is 1. The maximum Gasteiger partial charge on any atom is 0.334 e. The second-order valence-electron chi connectivity index (χ2n) is 7.78. The highest BCUT2D eigenvalue weighted by Gasteiger charge is 2.40. The number of para-hydroxylation sites is 1. The predicted octanol–water partition coefficient (Wildman–Crippen LogP) is 3.15. The number of hydrogen-bond donors (Lipinski definition) is 3. The van der Waals surface area contributed by atoms with Gasteiger partial charge in [-0.3, -0.25) is 10.1 Å². The number of hydrogen-bond acceptors (Lipinski definition) is 7. The van der Waals surface area contributed by atoms with Crippen LogP contribution in [0.15, 0.2) is 77.1 Å². The van der Waals surface area contributed by atoms with Gasteiger partial charge < -0.3 is 25.0 Å². The van der Waals surface area contributed by atoms with Crippen molar-refractivity contribution in [1.82, 2.24) is 4.90 Å². The molecule has 1 atom stereocenters. The van der Waals surface area contributed by atoms with E-state index in [-0.39, 0.29) is 46.9 Å². The molecule has 3 N–H and O–H groups in total. The summed E-state index contributed by atoms with van der Waals surface area (Å²) >= 11 is 0. The molecule has 1 aliphatic heterocycles. The highest BCUT2D eigenvalue weighted by atomic mass is 16.6. The number of benzene rings is 2. The molecular formula is C24H24N2O8. The molecule has 2 aromatic carbocycles. The molecule has 10 heteroatoms. The third-order valence-corrected chi connectivity index (χ3v) is 5.62. The predicted molar refractivity (Wildman–Crippen MR) is 121 cm³/mol. The number of carboxylic acid groups (broad SMARTS) is 2. The van der Waals surface area contributed by atoms with Gasteiger partial charge in [0.05, 0.1) is 28.5 Å². The Morgan fingerprint density at radius 1 is 1.03 bits per heavy atom. The summed E-state index contributed by atoms with van der Waals surface area (Å²) in [7, 11) is 0. The van der Waals surface area contributed by atoms with Crippen LogP contribution in [0, 0.1) is 10.1 Å². The van der Waals surface area contributed by atoms with E-state index in [0.29, 0.717) is 5.75 Å². The van der Waals surface area contributed by atoms with Gasteiger partial charge in [0.15, 0.2) is 0 Å². The van der Waals surface area contributed by atoms with Crippen LogP contribution in [0.5, 0.6) is 5.75 Å². The first-order valence-electron chi connectivity index (χ1n) is 10.4. The van der Waals surface area contributed by atoms with Gasteiger partial charge >= 0.3 is 11.9 Å². The Kier molecular flexibility index (Phi) is 7.32. The Bertz CT molecular complexity index is 1130. The minimum absolute atomic E-state index is 0.0970. The number of nitro benzene ring substituents is 1. The normalized spacial score (nSPS) is 15.3. The number of β-amino-alcohol motifs (C(OH)–C–C–N with tert-alkyl or cyclic N) is 1. The van der Waals surface area contributed by atoms with Crippen molar-refractivity contribution >= 4 is 17.6 Å². The average Bonchev–Trinajstić information content (AvgIpc) is 2.80. The van der Waals surface area contributed by atoms with E-state index in [2.05, 4.69) is 0 Å². The molecule has 0 bridgehead atoms. The zero-order chi connectivity index (χ0) is 25.0. The molecule has 0 radical (unpaired) electrons. The summed E-state index contributed by atoms with van der Waals surface area (Å²) in [6.45, 7) is 2.82. The molecule has 0 spiro atoms. The van der Waals surface area contributed by atoms with E-state index >= 15 is 0 Å². The fourth-order valence-electron chi connectivity index (χ4n) is 4.06. The molecule has 0 aromatic heterocycles. The van der Waals surface area contributed by atoms with E-state index in [1.54, 1.807) is 24.3 Å². The lowest BCUT2D eigenvalue weighted by Gasteiger charge is -2.38. The molecule has 0 aliphatic carbocycles. The number of nitrogens with zero attached hydrogens (tertiary/aromatic N) is 2. The van der Waals surface area contributed by atoms with Crippen LogP contribution in [0.4, 0.5) is 5.69 Å². The Hall–Kier alpha value is -4.18. The fourth-order valence-corrected chi connectivity index (χ4v) is 4.06. The Labute approximate surface area is 195 Å². The second kappa shape index (κ2) is 10.2. The van der Waals surface area contributed by atoms with E-state index in [1.165, 1.54) is 43.0 Å². The fraction of sp³-hybridized carbons (Fsp3) is 0.250. The van der Waals surface area contributed by atoms with Crippen molar-refractivity contribution in [2.75, 3.05) is 13.2 Å². The first kappa shape index (κ1) is 24.5.